The topological polar surface area (TPSA) is 69.0 Å². The van der Waals surface area contributed by atoms with E-state index in [9.17, 15) is 4.79 Å². The Morgan fingerprint density at radius 3 is 2.85 bits per heavy atom. The number of fused-ring (bicyclic) bond motifs is 1. The van der Waals surface area contributed by atoms with Gasteiger partial charge in [-0.3, -0.25) is 9.36 Å². The fraction of sp³-hybridized carbons (Fsp3) is 0.278. The molecule has 1 atom stereocenters. The Morgan fingerprint density at radius 1 is 1.31 bits per heavy atom. The molecule has 26 heavy (non-hydrogen) atoms. The molecule has 0 bridgehead atoms. The van der Waals surface area contributed by atoms with E-state index < -0.39 is 0 Å². The highest BCUT2D eigenvalue weighted by atomic mass is 35.5. The van der Waals surface area contributed by atoms with E-state index in [1.54, 1.807) is 25.4 Å². The van der Waals surface area contributed by atoms with Crippen LogP contribution in [0.1, 0.15) is 6.42 Å². The molecule has 0 spiro atoms. The van der Waals surface area contributed by atoms with Gasteiger partial charge in [-0.1, -0.05) is 29.8 Å². The summed E-state index contributed by atoms with van der Waals surface area (Å²) in [6, 6.07) is 9.30. The van der Waals surface area contributed by atoms with Crippen molar-refractivity contribution in [1.29, 1.82) is 0 Å². The fourth-order valence-corrected chi connectivity index (χ4v) is 3.26. The van der Waals surface area contributed by atoms with Gasteiger partial charge in [-0.25, -0.2) is 4.98 Å². The number of benzene rings is 1. The van der Waals surface area contributed by atoms with E-state index in [4.69, 9.17) is 16.3 Å². The van der Waals surface area contributed by atoms with Crippen LogP contribution in [0, 0.1) is 0 Å². The minimum atomic E-state index is -0.144. The van der Waals surface area contributed by atoms with E-state index in [1.807, 2.05) is 18.2 Å². The minimum absolute atomic E-state index is 0. The summed E-state index contributed by atoms with van der Waals surface area (Å²) in [6.07, 6.45) is 2.64. The SMILES string of the molecule is Cl.Cn1c(=O)c(-c2ccccc2Cl)cc2cnc(NC3CCOC3)nc21. The third-order valence-electron chi connectivity index (χ3n) is 4.38. The van der Waals surface area contributed by atoms with Gasteiger partial charge < -0.3 is 10.1 Å². The quantitative estimate of drug-likeness (QED) is 0.740. The van der Waals surface area contributed by atoms with Crippen molar-refractivity contribution >= 4 is 41.0 Å². The third kappa shape index (κ3) is 3.40. The number of hydrogen-bond donors (Lipinski definition) is 1. The largest absolute Gasteiger partial charge is 0.379 e. The van der Waals surface area contributed by atoms with Crippen LogP contribution in [0.25, 0.3) is 22.2 Å². The molecule has 1 N–H and O–H groups in total. The van der Waals surface area contributed by atoms with Crippen molar-refractivity contribution < 1.29 is 4.74 Å². The molecule has 136 valence electrons. The maximum absolute atomic E-state index is 12.8. The maximum Gasteiger partial charge on any atom is 0.259 e. The molecule has 1 aliphatic heterocycles. The second kappa shape index (κ2) is 7.61. The molecular weight excluding hydrogens is 375 g/mol. The number of pyridine rings is 1. The number of nitrogens with zero attached hydrogens (tertiary/aromatic N) is 3. The summed E-state index contributed by atoms with van der Waals surface area (Å²) in [4.78, 5) is 21.7. The molecule has 1 unspecified atom stereocenters. The highest BCUT2D eigenvalue weighted by molar-refractivity contribution is 6.33. The summed E-state index contributed by atoms with van der Waals surface area (Å²) < 4.78 is 6.88. The third-order valence-corrected chi connectivity index (χ3v) is 4.71. The summed E-state index contributed by atoms with van der Waals surface area (Å²) in [6.45, 7) is 1.39. The van der Waals surface area contributed by atoms with Crippen molar-refractivity contribution in [3.63, 3.8) is 0 Å². The number of ether oxygens (including phenoxy) is 1. The van der Waals surface area contributed by atoms with Gasteiger partial charge in [0.2, 0.25) is 5.95 Å². The summed E-state index contributed by atoms with van der Waals surface area (Å²) in [5.41, 5.74) is 1.68. The van der Waals surface area contributed by atoms with E-state index in [2.05, 4.69) is 15.3 Å². The van der Waals surface area contributed by atoms with Gasteiger partial charge in [0.15, 0.2) is 0 Å². The molecule has 1 saturated heterocycles. The highest BCUT2D eigenvalue weighted by Gasteiger charge is 2.17. The van der Waals surface area contributed by atoms with Gasteiger partial charge in [0, 0.05) is 41.4 Å². The highest BCUT2D eigenvalue weighted by Crippen LogP contribution is 2.27. The first-order chi connectivity index (χ1) is 12.1. The Balaban J connectivity index is 0.00000196. The number of rotatable bonds is 3. The number of halogens is 2. The fourth-order valence-electron chi connectivity index (χ4n) is 3.02. The Morgan fingerprint density at radius 2 is 2.12 bits per heavy atom. The predicted molar refractivity (Wildman–Crippen MR) is 105 cm³/mol. The molecule has 1 fully saturated rings. The van der Waals surface area contributed by atoms with Crippen molar-refractivity contribution in [2.24, 2.45) is 7.05 Å². The van der Waals surface area contributed by atoms with Crippen molar-refractivity contribution in [3.05, 3.63) is 51.9 Å². The molecule has 8 heteroatoms. The minimum Gasteiger partial charge on any atom is -0.379 e. The monoisotopic (exact) mass is 392 g/mol. The molecule has 0 amide bonds. The first-order valence-electron chi connectivity index (χ1n) is 8.09. The summed E-state index contributed by atoms with van der Waals surface area (Å²) in [5, 5.41) is 4.58. The molecule has 6 nitrogen and oxygen atoms in total. The van der Waals surface area contributed by atoms with E-state index in [1.165, 1.54) is 4.57 Å². The zero-order chi connectivity index (χ0) is 17.4. The summed E-state index contributed by atoms with van der Waals surface area (Å²) >= 11 is 6.25. The lowest BCUT2D eigenvalue weighted by molar-refractivity contribution is 0.195. The van der Waals surface area contributed by atoms with E-state index in [0.717, 1.165) is 18.4 Å². The van der Waals surface area contributed by atoms with Gasteiger partial charge in [0.1, 0.15) is 5.65 Å². The van der Waals surface area contributed by atoms with Crippen LogP contribution in [-0.4, -0.2) is 33.8 Å². The van der Waals surface area contributed by atoms with Gasteiger partial charge in [0.25, 0.3) is 5.56 Å². The van der Waals surface area contributed by atoms with Crippen LogP contribution in [0.2, 0.25) is 5.02 Å². The second-order valence-electron chi connectivity index (χ2n) is 6.08. The molecule has 0 aliphatic carbocycles. The van der Waals surface area contributed by atoms with Gasteiger partial charge in [0.05, 0.1) is 12.6 Å². The summed E-state index contributed by atoms with van der Waals surface area (Å²) in [5.74, 6) is 0.503. The van der Waals surface area contributed by atoms with Gasteiger partial charge in [-0.15, -0.1) is 12.4 Å². The van der Waals surface area contributed by atoms with Crippen molar-refractivity contribution in [3.8, 4) is 11.1 Å². The number of nitrogens with one attached hydrogen (secondary N) is 1. The van der Waals surface area contributed by atoms with Crippen LogP contribution in [0.3, 0.4) is 0 Å². The number of anilines is 1. The summed E-state index contributed by atoms with van der Waals surface area (Å²) in [7, 11) is 1.71. The number of aryl methyl sites for hydroxylation is 1. The molecule has 3 heterocycles. The smallest absolute Gasteiger partial charge is 0.259 e. The van der Waals surface area contributed by atoms with E-state index in [-0.39, 0.29) is 24.0 Å². The van der Waals surface area contributed by atoms with Gasteiger partial charge in [-0.05, 0) is 18.6 Å². The average molecular weight is 393 g/mol. The van der Waals surface area contributed by atoms with Crippen molar-refractivity contribution in [2.75, 3.05) is 18.5 Å². The van der Waals surface area contributed by atoms with Crippen LogP contribution < -0.4 is 10.9 Å². The normalized spacial score (nSPS) is 16.5. The van der Waals surface area contributed by atoms with Crippen LogP contribution in [0.5, 0.6) is 0 Å². The molecule has 3 aromatic rings. The van der Waals surface area contributed by atoms with Crippen LogP contribution in [0.4, 0.5) is 5.95 Å². The van der Waals surface area contributed by atoms with E-state index in [0.29, 0.717) is 34.4 Å². The lowest BCUT2D eigenvalue weighted by Crippen LogP contribution is -2.23. The Labute approximate surface area is 161 Å². The first kappa shape index (κ1) is 18.6. The van der Waals surface area contributed by atoms with Crippen LogP contribution in [0.15, 0.2) is 41.3 Å². The van der Waals surface area contributed by atoms with Crippen LogP contribution in [-0.2, 0) is 11.8 Å². The molecule has 4 rings (SSSR count). The lowest BCUT2D eigenvalue weighted by Gasteiger charge is -2.13. The van der Waals surface area contributed by atoms with Crippen molar-refractivity contribution in [1.82, 2.24) is 14.5 Å². The zero-order valence-corrected chi connectivity index (χ0v) is 15.7. The van der Waals surface area contributed by atoms with Crippen LogP contribution >= 0.6 is 24.0 Å². The molecule has 0 saturated carbocycles. The average Bonchev–Trinajstić information content (AvgIpc) is 3.12. The predicted octanol–water partition coefficient (Wildman–Crippen LogP) is 3.27. The lowest BCUT2D eigenvalue weighted by atomic mass is 10.1. The standard InChI is InChI=1S/C18H17ClN4O2.ClH/c1-23-16-11(9-20-18(22-16)21-12-6-7-25-10-12)8-14(17(23)24)13-4-2-3-5-15(13)19;/h2-5,8-9,12H,6-7,10H2,1H3,(H,20,21,22);1H. The number of hydrogen-bond acceptors (Lipinski definition) is 5. The zero-order valence-electron chi connectivity index (χ0n) is 14.1. The first-order valence-corrected chi connectivity index (χ1v) is 8.47. The second-order valence-corrected chi connectivity index (χ2v) is 6.49. The Bertz CT molecular complexity index is 1000. The maximum atomic E-state index is 12.8. The number of aromatic nitrogens is 3. The van der Waals surface area contributed by atoms with Gasteiger partial charge >= 0.3 is 0 Å². The molecule has 1 aliphatic rings. The molecular formula is C18H18Cl2N4O2. The molecule has 1 aromatic carbocycles. The molecule has 2 aromatic heterocycles. The van der Waals surface area contributed by atoms with Crippen molar-refractivity contribution in [2.45, 2.75) is 12.5 Å². The van der Waals surface area contributed by atoms with E-state index >= 15 is 0 Å². The molecule has 0 radical (unpaired) electrons. The Kier molecular flexibility index (Phi) is 5.46. The van der Waals surface area contributed by atoms with Gasteiger partial charge in [-0.2, -0.15) is 4.98 Å². The Hall–Kier alpha value is -2.15.